The van der Waals surface area contributed by atoms with Crippen LogP contribution in [-0.4, -0.2) is 9.55 Å². The summed E-state index contributed by atoms with van der Waals surface area (Å²) >= 11 is 6.03. The third kappa shape index (κ3) is 2.46. The lowest BCUT2D eigenvalue weighted by Crippen LogP contribution is -2.29. The lowest BCUT2D eigenvalue weighted by atomic mass is 10.0. The average Bonchev–Trinajstić information content (AvgIpc) is 2.71. The molecule has 1 aromatic carbocycles. The largest absolute Gasteiger partial charge is 0.340 e. The first-order chi connectivity index (χ1) is 8.11. The van der Waals surface area contributed by atoms with Crippen LogP contribution in [0.5, 0.6) is 0 Å². The molecule has 0 aliphatic carbocycles. The van der Waals surface area contributed by atoms with Crippen LogP contribution >= 0.6 is 11.6 Å². The molecule has 0 bridgehead atoms. The van der Waals surface area contributed by atoms with E-state index in [0.29, 0.717) is 16.3 Å². The van der Waals surface area contributed by atoms with Crippen LogP contribution < -0.4 is 11.3 Å². The lowest BCUT2D eigenvalue weighted by Gasteiger charge is -2.15. The monoisotopic (exact) mass is 254 g/mol. The predicted octanol–water partition coefficient (Wildman–Crippen LogP) is 1.77. The average molecular weight is 255 g/mol. The molecule has 1 atom stereocenters. The zero-order chi connectivity index (χ0) is 12.4. The van der Waals surface area contributed by atoms with Gasteiger partial charge in [-0.25, -0.2) is 14.8 Å². The molecule has 3 N–H and O–H groups in total. The first kappa shape index (κ1) is 12.0. The van der Waals surface area contributed by atoms with Gasteiger partial charge in [0, 0.05) is 18.3 Å². The topological polar surface area (TPSA) is 55.9 Å². The van der Waals surface area contributed by atoms with Crippen molar-refractivity contribution in [2.24, 2.45) is 12.9 Å². The van der Waals surface area contributed by atoms with Gasteiger partial charge in [-0.1, -0.05) is 11.6 Å². The Bertz CT molecular complexity index is 526. The number of nitrogens with zero attached hydrogens (tertiary/aromatic N) is 2. The van der Waals surface area contributed by atoms with Crippen LogP contribution in [0.25, 0.3) is 0 Å². The maximum atomic E-state index is 13.2. The number of aromatic nitrogens is 2. The maximum absolute atomic E-state index is 13.2. The zero-order valence-corrected chi connectivity index (χ0v) is 9.95. The van der Waals surface area contributed by atoms with E-state index < -0.39 is 6.04 Å². The van der Waals surface area contributed by atoms with Crippen molar-refractivity contribution < 1.29 is 4.39 Å². The number of hydrogen-bond donors (Lipinski definition) is 2. The predicted molar refractivity (Wildman–Crippen MR) is 63.8 cm³/mol. The van der Waals surface area contributed by atoms with Crippen molar-refractivity contribution in [3.05, 3.63) is 52.8 Å². The third-order valence-corrected chi connectivity index (χ3v) is 2.80. The van der Waals surface area contributed by atoms with E-state index in [9.17, 15) is 4.39 Å². The quantitative estimate of drug-likeness (QED) is 0.648. The van der Waals surface area contributed by atoms with E-state index in [2.05, 4.69) is 10.4 Å². The molecular weight excluding hydrogens is 243 g/mol. The molecule has 0 spiro atoms. The fraction of sp³-hybridized carbons (Fsp3) is 0.182. The summed E-state index contributed by atoms with van der Waals surface area (Å²) in [6, 6.07) is 3.72. The molecule has 2 rings (SSSR count). The Hall–Kier alpha value is -1.43. The Kier molecular flexibility index (Phi) is 3.42. The van der Waals surface area contributed by atoms with Crippen molar-refractivity contribution in [2.45, 2.75) is 6.04 Å². The van der Waals surface area contributed by atoms with Gasteiger partial charge in [0.2, 0.25) is 0 Å². The summed E-state index contributed by atoms with van der Waals surface area (Å²) in [4.78, 5) is 4.17. The van der Waals surface area contributed by atoms with Gasteiger partial charge in [0.25, 0.3) is 0 Å². The number of nitrogens with one attached hydrogen (secondary N) is 1. The van der Waals surface area contributed by atoms with E-state index in [1.165, 1.54) is 18.2 Å². The van der Waals surface area contributed by atoms with Gasteiger partial charge in [0.05, 0.1) is 18.1 Å². The van der Waals surface area contributed by atoms with E-state index in [-0.39, 0.29) is 5.82 Å². The number of imidazole rings is 1. The van der Waals surface area contributed by atoms with E-state index >= 15 is 0 Å². The Morgan fingerprint density at radius 3 is 2.88 bits per heavy atom. The van der Waals surface area contributed by atoms with E-state index in [1.807, 2.05) is 7.05 Å². The molecule has 1 unspecified atom stereocenters. The number of halogens is 2. The molecule has 0 amide bonds. The van der Waals surface area contributed by atoms with E-state index in [1.54, 1.807) is 17.1 Å². The number of aryl methyl sites for hydroxylation is 1. The van der Waals surface area contributed by atoms with Gasteiger partial charge in [-0.3, -0.25) is 5.84 Å². The zero-order valence-electron chi connectivity index (χ0n) is 9.19. The summed E-state index contributed by atoms with van der Waals surface area (Å²) < 4.78 is 15.0. The molecule has 0 saturated heterocycles. The fourth-order valence-electron chi connectivity index (χ4n) is 1.65. The van der Waals surface area contributed by atoms with Gasteiger partial charge < -0.3 is 4.57 Å². The summed E-state index contributed by atoms with van der Waals surface area (Å²) in [5.74, 6) is 5.12. The maximum Gasteiger partial charge on any atom is 0.123 e. The standard InChI is InChI=1S/C11H12ClFN4/c1-17-5-10(15-6-17)11(16-14)8-4-7(13)2-3-9(8)12/h2-6,11,16H,14H2,1H3. The Morgan fingerprint density at radius 2 is 2.29 bits per heavy atom. The normalized spacial score (nSPS) is 12.7. The van der Waals surface area contributed by atoms with Crippen molar-refractivity contribution in [3.8, 4) is 0 Å². The minimum absolute atomic E-state index is 0.361. The van der Waals surface area contributed by atoms with E-state index in [4.69, 9.17) is 17.4 Å². The second-order valence-electron chi connectivity index (χ2n) is 3.73. The Morgan fingerprint density at radius 1 is 1.53 bits per heavy atom. The molecule has 0 saturated carbocycles. The van der Waals surface area contributed by atoms with Gasteiger partial charge in [-0.05, 0) is 23.8 Å². The van der Waals surface area contributed by atoms with Crippen molar-refractivity contribution in [2.75, 3.05) is 0 Å². The van der Waals surface area contributed by atoms with Crippen LogP contribution in [0.1, 0.15) is 17.3 Å². The van der Waals surface area contributed by atoms with Crippen molar-refractivity contribution in [1.29, 1.82) is 0 Å². The summed E-state index contributed by atoms with van der Waals surface area (Å²) in [7, 11) is 1.84. The summed E-state index contributed by atoms with van der Waals surface area (Å²) in [6.45, 7) is 0. The van der Waals surface area contributed by atoms with Gasteiger partial charge in [0.1, 0.15) is 5.82 Å². The molecule has 1 heterocycles. The Labute approximate surface area is 103 Å². The van der Waals surface area contributed by atoms with Crippen molar-refractivity contribution in [3.63, 3.8) is 0 Å². The molecule has 1 aromatic heterocycles. The minimum Gasteiger partial charge on any atom is -0.340 e. The summed E-state index contributed by atoms with van der Waals surface area (Å²) in [6.07, 6.45) is 3.44. The lowest BCUT2D eigenvalue weighted by molar-refractivity contribution is 0.599. The molecule has 0 fully saturated rings. The second-order valence-corrected chi connectivity index (χ2v) is 4.14. The molecule has 6 heteroatoms. The molecule has 4 nitrogen and oxygen atoms in total. The molecular formula is C11H12ClFN4. The molecule has 0 radical (unpaired) electrons. The second kappa shape index (κ2) is 4.83. The van der Waals surface area contributed by atoms with Crippen LogP contribution in [0.4, 0.5) is 4.39 Å². The van der Waals surface area contributed by atoms with Gasteiger partial charge >= 0.3 is 0 Å². The first-order valence-corrected chi connectivity index (χ1v) is 5.38. The first-order valence-electron chi connectivity index (χ1n) is 5.00. The Balaban J connectivity index is 2.45. The minimum atomic E-state index is -0.431. The van der Waals surface area contributed by atoms with Crippen LogP contribution in [0.3, 0.4) is 0 Å². The highest BCUT2D eigenvalue weighted by atomic mass is 35.5. The number of hydrazine groups is 1. The highest BCUT2D eigenvalue weighted by molar-refractivity contribution is 6.31. The highest BCUT2D eigenvalue weighted by Crippen LogP contribution is 2.27. The molecule has 0 aliphatic rings. The third-order valence-electron chi connectivity index (χ3n) is 2.46. The van der Waals surface area contributed by atoms with Crippen molar-refractivity contribution >= 4 is 11.6 Å². The molecule has 0 aliphatic heterocycles. The van der Waals surface area contributed by atoms with Crippen LogP contribution in [0, 0.1) is 5.82 Å². The molecule has 2 aromatic rings. The summed E-state index contributed by atoms with van der Waals surface area (Å²) in [5.41, 5.74) is 3.83. The van der Waals surface area contributed by atoms with Crippen molar-refractivity contribution in [1.82, 2.24) is 15.0 Å². The van der Waals surface area contributed by atoms with Gasteiger partial charge in [0.15, 0.2) is 0 Å². The van der Waals surface area contributed by atoms with Gasteiger partial charge in [-0.15, -0.1) is 0 Å². The number of benzene rings is 1. The highest BCUT2D eigenvalue weighted by Gasteiger charge is 2.18. The van der Waals surface area contributed by atoms with Crippen LogP contribution in [0.15, 0.2) is 30.7 Å². The van der Waals surface area contributed by atoms with Gasteiger partial charge in [-0.2, -0.15) is 0 Å². The van der Waals surface area contributed by atoms with E-state index in [0.717, 1.165) is 0 Å². The number of nitrogens with two attached hydrogens (primary N) is 1. The molecule has 90 valence electrons. The smallest absolute Gasteiger partial charge is 0.123 e. The van der Waals surface area contributed by atoms with Crippen LogP contribution in [0.2, 0.25) is 5.02 Å². The number of rotatable bonds is 3. The fourth-order valence-corrected chi connectivity index (χ4v) is 1.88. The van der Waals surface area contributed by atoms with Crippen LogP contribution in [-0.2, 0) is 7.05 Å². The summed E-state index contributed by atoms with van der Waals surface area (Å²) in [5, 5.41) is 0.444. The molecule has 17 heavy (non-hydrogen) atoms. The number of hydrogen-bond acceptors (Lipinski definition) is 3. The SMILES string of the molecule is Cn1cnc(C(NN)c2cc(F)ccc2Cl)c1.